The van der Waals surface area contributed by atoms with Crippen molar-refractivity contribution in [3.05, 3.63) is 39.3 Å². The summed E-state index contributed by atoms with van der Waals surface area (Å²) >= 11 is 7.74. The van der Waals surface area contributed by atoms with Gasteiger partial charge in [-0.2, -0.15) is 0 Å². The molecule has 3 nitrogen and oxygen atoms in total. The molecule has 18 heavy (non-hydrogen) atoms. The number of anilines is 1. The number of nitrogens with zero attached hydrogens (tertiary/aromatic N) is 1. The first kappa shape index (κ1) is 13.2. The zero-order chi connectivity index (χ0) is 13.1. The Kier molecular flexibility index (Phi) is 4.09. The van der Waals surface area contributed by atoms with E-state index in [9.17, 15) is 0 Å². The molecule has 0 spiro atoms. The SMILES string of the molecule is COc1ccc(NC(C)c2csc(C)n2)cc1Cl. The summed E-state index contributed by atoms with van der Waals surface area (Å²) in [6.45, 7) is 4.08. The summed E-state index contributed by atoms with van der Waals surface area (Å²) in [5.74, 6) is 0.680. The predicted molar refractivity (Wildman–Crippen MR) is 76.9 cm³/mol. The van der Waals surface area contributed by atoms with Crippen LogP contribution in [0.2, 0.25) is 5.02 Å². The highest BCUT2D eigenvalue weighted by Gasteiger charge is 2.09. The van der Waals surface area contributed by atoms with Crippen LogP contribution < -0.4 is 10.1 Å². The molecule has 0 amide bonds. The van der Waals surface area contributed by atoms with Crippen LogP contribution in [0.15, 0.2) is 23.6 Å². The molecule has 1 atom stereocenters. The lowest BCUT2D eigenvalue weighted by Crippen LogP contribution is -2.07. The van der Waals surface area contributed by atoms with E-state index in [2.05, 4.69) is 22.6 Å². The summed E-state index contributed by atoms with van der Waals surface area (Å²) in [5.41, 5.74) is 2.00. The predicted octanol–water partition coefficient (Wildman–Crippen LogP) is 4.29. The molecule has 0 aliphatic carbocycles. The largest absolute Gasteiger partial charge is 0.495 e. The zero-order valence-electron chi connectivity index (χ0n) is 10.5. The summed E-state index contributed by atoms with van der Waals surface area (Å²) in [5, 5.41) is 7.11. The van der Waals surface area contributed by atoms with E-state index < -0.39 is 0 Å². The van der Waals surface area contributed by atoms with Gasteiger partial charge in [-0.1, -0.05) is 11.6 Å². The van der Waals surface area contributed by atoms with Crippen molar-refractivity contribution in [3.8, 4) is 5.75 Å². The molecule has 0 bridgehead atoms. The Morgan fingerprint density at radius 2 is 2.22 bits per heavy atom. The summed E-state index contributed by atoms with van der Waals surface area (Å²) in [4.78, 5) is 4.46. The number of methoxy groups -OCH3 is 1. The van der Waals surface area contributed by atoms with Gasteiger partial charge in [0.1, 0.15) is 5.75 Å². The second kappa shape index (κ2) is 5.59. The molecule has 1 aromatic carbocycles. The van der Waals surface area contributed by atoms with Gasteiger partial charge in [0.2, 0.25) is 0 Å². The zero-order valence-corrected chi connectivity index (χ0v) is 12.1. The van der Waals surface area contributed by atoms with Gasteiger partial charge in [0.05, 0.1) is 28.9 Å². The van der Waals surface area contributed by atoms with Crippen LogP contribution in [0.25, 0.3) is 0 Å². The fraction of sp³-hybridized carbons (Fsp3) is 0.308. The van der Waals surface area contributed by atoms with Crippen LogP contribution in [-0.4, -0.2) is 12.1 Å². The van der Waals surface area contributed by atoms with Crippen molar-refractivity contribution in [2.75, 3.05) is 12.4 Å². The van der Waals surface area contributed by atoms with Crippen molar-refractivity contribution in [2.45, 2.75) is 19.9 Å². The maximum absolute atomic E-state index is 6.08. The second-order valence-electron chi connectivity index (χ2n) is 4.01. The van der Waals surface area contributed by atoms with Crippen LogP contribution in [0.4, 0.5) is 5.69 Å². The molecule has 0 saturated carbocycles. The molecule has 5 heteroatoms. The molecule has 0 saturated heterocycles. The standard InChI is InChI=1S/C13H15ClN2OS/c1-8(12-7-18-9(2)16-12)15-10-4-5-13(17-3)11(14)6-10/h4-8,15H,1-3H3. The fourth-order valence-corrected chi connectivity index (χ4v) is 2.62. The first-order valence-corrected chi connectivity index (χ1v) is 6.88. The van der Waals surface area contributed by atoms with Crippen LogP contribution >= 0.6 is 22.9 Å². The lowest BCUT2D eigenvalue weighted by Gasteiger charge is -2.14. The van der Waals surface area contributed by atoms with Crippen molar-refractivity contribution in [2.24, 2.45) is 0 Å². The molecule has 2 aromatic rings. The van der Waals surface area contributed by atoms with E-state index in [1.165, 1.54) is 0 Å². The van der Waals surface area contributed by atoms with Gasteiger partial charge in [0, 0.05) is 11.1 Å². The Hall–Kier alpha value is -1.26. The molecular weight excluding hydrogens is 268 g/mol. The number of benzene rings is 1. The van der Waals surface area contributed by atoms with E-state index in [0.29, 0.717) is 10.8 Å². The van der Waals surface area contributed by atoms with Crippen LogP contribution in [0.1, 0.15) is 23.7 Å². The number of nitrogens with one attached hydrogen (secondary N) is 1. The molecule has 96 valence electrons. The van der Waals surface area contributed by atoms with E-state index in [4.69, 9.17) is 16.3 Å². The number of rotatable bonds is 4. The Morgan fingerprint density at radius 1 is 1.44 bits per heavy atom. The number of hydrogen-bond donors (Lipinski definition) is 1. The quantitative estimate of drug-likeness (QED) is 0.908. The number of aromatic nitrogens is 1. The molecule has 0 aliphatic rings. The van der Waals surface area contributed by atoms with Crippen molar-refractivity contribution in [1.29, 1.82) is 0 Å². The fourth-order valence-electron chi connectivity index (χ4n) is 1.66. The topological polar surface area (TPSA) is 34.1 Å². The monoisotopic (exact) mass is 282 g/mol. The minimum Gasteiger partial charge on any atom is -0.495 e. The van der Waals surface area contributed by atoms with Crippen LogP contribution in [-0.2, 0) is 0 Å². The normalized spacial score (nSPS) is 12.2. The number of halogens is 1. The molecular formula is C13H15ClN2OS. The Balaban J connectivity index is 2.12. The molecule has 2 rings (SSSR count). The van der Waals surface area contributed by atoms with Gasteiger partial charge in [0.15, 0.2) is 0 Å². The number of ether oxygens (including phenoxy) is 1. The molecule has 1 heterocycles. The smallest absolute Gasteiger partial charge is 0.137 e. The third-order valence-corrected chi connectivity index (χ3v) is 3.70. The highest BCUT2D eigenvalue weighted by atomic mass is 35.5. The lowest BCUT2D eigenvalue weighted by molar-refractivity contribution is 0.415. The maximum Gasteiger partial charge on any atom is 0.137 e. The molecule has 1 unspecified atom stereocenters. The van der Waals surface area contributed by atoms with Gasteiger partial charge in [0.25, 0.3) is 0 Å². The first-order chi connectivity index (χ1) is 8.60. The van der Waals surface area contributed by atoms with Crippen LogP contribution in [0.5, 0.6) is 5.75 Å². The van der Waals surface area contributed by atoms with Gasteiger partial charge >= 0.3 is 0 Å². The van der Waals surface area contributed by atoms with Crippen molar-refractivity contribution in [3.63, 3.8) is 0 Å². The molecule has 1 aromatic heterocycles. The van der Waals surface area contributed by atoms with Gasteiger partial charge in [-0.05, 0) is 32.0 Å². The van der Waals surface area contributed by atoms with Crippen LogP contribution in [0.3, 0.4) is 0 Å². The van der Waals surface area contributed by atoms with Crippen molar-refractivity contribution < 1.29 is 4.74 Å². The third kappa shape index (κ3) is 2.94. The van der Waals surface area contributed by atoms with E-state index in [-0.39, 0.29) is 6.04 Å². The van der Waals surface area contributed by atoms with Crippen LogP contribution in [0, 0.1) is 6.92 Å². The highest BCUT2D eigenvalue weighted by molar-refractivity contribution is 7.09. The minimum atomic E-state index is 0.152. The Morgan fingerprint density at radius 3 is 2.78 bits per heavy atom. The van der Waals surface area contributed by atoms with E-state index >= 15 is 0 Å². The highest BCUT2D eigenvalue weighted by Crippen LogP contribution is 2.29. The lowest BCUT2D eigenvalue weighted by atomic mass is 10.2. The Bertz CT molecular complexity index is 542. The molecule has 0 radical (unpaired) electrons. The van der Waals surface area contributed by atoms with Crippen molar-refractivity contribution >= 4 is 28.6 Å². The van der Waals surface area contributed by atoms with E-state index in [1.807, 2.05) is 25.1 Å². The number of thiazole rings is 1. The number of aryl methyl sites for hydroxylation is 1. The first-order valence-electron chi connectivity index (χ1n) is 5.62. The molecule has 0 aliphatic heterocycles. The second-order valence-corrected chi connectivity index (χ2v) is 5.48. The summed E-state index contributed by atoms with van der Waals surface area (Å²) in [7, 11) is 1.61. The van der Waals surface area contributed by atoms with Gasteiger partial charge < -0.3 is 10.1 Å². The summed E-state index contributed by atoms with van der Waals surface area (Å²) in [6.07, 6.45) is 0. The van der Waals surface area contributed by atoms with Gasteiger partial charge in [-0.15, -0.1) is 11.3 Å². The molecule has 0 fully saturated rings. The summed E-state index contributed by atoms with van der Waals surface area (Å²) in [6, 6.07) is 5.81. The average Bonchev–Trinajstić information content (AvgIpc) is 2.76. The Labute approximate surface area is 116 Å². The number of hydrogen-bond acceptors (Lipinski definition) is 4. The average molecular weight is 283 g/mol. The van der Waals surface area contributed by atoms with Crippen molar-refractivity contribution in [1.82, 2.24) is 4.98 Å². The van der Waals surface area contributed by atoms with E-state index in [0.717, 1.165) is 16.4 Å². The minimum absolute atomic E-state index is 0.152. The van der Waals surface area contributed by atoms with Gasteiger partial charge in [-0.3, -0.25) is 0 Å². The molecule has 1 N–H and O–H groups in total. The summed E-state index contributed by atoms with van der Waals surface area (Å²) < 4.78 is 5.12. The van der Waals surface area contributed by atoms with Gasteiger partial charge in [-0.25, -0.2) is 4.98 Å². The maximum atomic E-state index is 6.08. The third-order valence-electron chi connectivity index (χ3n) is 2.62. The van der Waals surface area contributed by atoms with E-state index in [1.54, 1.807) is 18.4 Å².